The van der Waals surface area contributed by atoms with Crippen molar-refractivity contribution in [2.75, 3.05) is 37.7 Å². The lowest BCUT2D eigenvalue weighted by Crippen LogP contribution is -2.45. The second-order valence-corrected chi connectivity index (χ2v) is 8.17. The third-order valence-electron chi connectivity index (χ3n) is 5.54. The van der Waals surface area contributed by atoms with Gasteiger partial charge in [0.25, 0.3) is 0 Å². The molecule has 6 heteroatoms. The Morgan fingerprint density at radius 1 is 1.19 bits per heavy atom. The summed E-state index contributed by atoms with van der Waals surface area (Å²) < 4.78 is 5.82. The average Bonchev–Trinajstić information content (AvgIpc) is 3.25. The van der Waals surface area contributed by atoms with E-state index in [1.807, 2.05) is 44.2 Å². The van der Waals surface area contributed by atoms with Crippen molar-refractivity contribution in [3.8, 4) is 0 Å². The van der Waals surface area contributed by atoms with E-state index in [1.54, 1.807) is 0 Å². The van der Waals surface area contributed by atoms with Crippen LogP contribution in [0.2, 0.25) is 0 Å². The molecule has 31 heavy (non-hydrogen) atoms. The van der Waals surface area contributed by atoms with Gasteiger partial charge in [0.1, 0.15) is 0 Å². The number of anilines is 1. The van der Waals surface area contributed by atoms with E-state index >= 15 is 0 Å². The van der Waals surface area contributed by atoms with Crippen molar-refractivity contribution < 1.29 is 9.84 Å². The van der Waals surface area contributed by atoms with E-state index in [0.29, 0.717) is 12.6 Å². The number of aliphatic hydroxyl groups excluding tert-OH is 1. The maximum atomic E-state index is 10.3. The Morgan fingerprint density at radius 2 is 1.94 bits per heavy atom. The van der Waals surface area contributed by atoms with Gasteiger partial charge in [-0.1, -0.05) is 48.0 Å². The molecule has 0 saturated carbocycles. The highest BCUT2D eigenvalue weighted by Gasteiger charge is 2.23. The van der Waals surface area contributed by atoms with Crippen LogP contribution in [0.5, 0.6) is 0 Å². The summed E-state index contributed by atoms with van der Waals surface area (Å²) in [6.45, 7) is 9.44. The number of ether oxygens (including phenoxy) is 1. The van der Waals surface area contributed by atoms with Gasteiger partial charge < -0.3 is 25.4 Å². The van der Waals surface area contributed by atoms with Crippen molar-refractivity contribution in [2.24, 2.45) is 4.99 Å². The smallest absolute Gasteiger partial charge is 0.191 e. The molecule has 0 bridgehead atoms. The molecule has 3 atom stereocenters. The number of rotatable bonds is 9. The Kier molecular flexibility index (Phi) is 8.74. The molecule has 1 aliphatic rings. The SMILES string of the molecule is CCNC(=NCC(O)COC(C)c1ccccc1)NC1CCN(c2ccc(C)cc2)C1. The predicted octanol–water partition coefficient (Wildman–Crippen LogP) is 3.27. The normalized spacial score (nSPS) is 18.6. The van der Waals surface area contributed by atoms with Crippen LogP contribution in [0.25, 0.3) is 0 Å². The van der Waals surface area contributed by atoms with Gasteiger partial charge in [0.2, 0.25) is 0 Å². The largest absolute Gasteiger partial charge is 0.389 e. The summed E-state index contributed by atoms with van der Waals surface area (Å²) in [6, 6.07) is 19.0. The molecule has 0 aliphatic carbocycles. The fourth-order valence-corrected chi connectivity index (χ4v) is 3.71. The summed E-state index contributed by atoms with van der Waals surface area (Å²) in [5.41, 5.74) is 3.64. The van der Waals surface area contributed by atoms with Crippen LogP contribution in [-0.2, 0) is 4.74 Å². The molecule has 6 nitrogen and oxygen atoms in total. The lowest BCUT2D eigenvalue weighted by Gasteiger charge is -2.21. The van der Waals surface area contributed by atoms with Crippen LogP contribution in [0.1, 0.15) is 37.5 Å². The van der Waals surface area contributed by atoms with Gasteiger partial charge in [-0.15, -0.1) is 0 Å². The second kappa shape index (κ2) is 11.7. The van der Waals surface area contributed by atoms with E-state index in [-0.39, 0.29) is 12.7 Å². The average molecular weight is 425 g/mol. The molecule has 1 aliphatic heterocycles. The minimum absolute atomic E-state index is 0.0579. The van der Waals surface area contributed by atoms with Crippen LogP contribution in [0, 0.1) is 6.92 Å². The highest BCUT2D eigenvalue weighted by atomic mass is 16.5. The van der Waals surface area contributed by atoms with Gasteiger partial charge in [-0.3, -0.25) is 4.99 Å². The zero-order valence-corrected chi connectivity index (χ0v) is 18.9. The van der Waals surface area contributed by atoms with Crippen LogP contribution in [-0.4, -0.2) is 56.0 Å². The molecular formula is C25H36N4O2. The van der Waals surface area contributed by atoms with Gasteiger partial charge in [-0.2, -0.15) is 0 Å². The quantitative estimate of drug-likeness (QED) is 0.426. The summed E-state index contributed by atoms with van der Waals surface area (Å²) in [5, 5.41) is 17.1. The molecule has 1 saturated heterocycles. The molecule has 2 aromatic carbocycles. The van der Waals surface area contributed by atoms with E-state index in [0.717, 1.165) is 37.6 Å². The predicted molar refractivity (Wildman–Crippen MR) is 128 cm³/mol. The summed E-state index contributed by atoms with van der Waals surface area (Å²) in [6.07, 6.45) is 0.352. The van der Waals surface area contributed by atoms with Crippen molar-refractivity contribution in [3.05, 3.63) is 65.7 Å². The van der Waals surface area contributed by atoms with Crippen LogP contribution < -0.4 is 15.5 Å². The third kappa shape index (κ3) is 7.26. The molecule has 0 aromatic heterocycles. The Bertz CT molecular complexity index is 810. The maximum Gasteiger partial charge on any atom is 0.191 e. The van der Waals surface area contributed by atoms with E-state index in [9.17, 15) is 5.11 Å². The van der Waals surface area contributed by atoms with Crippen molar-refractivity contribution in [1.82, 2.24) is 10.6 Å². The van der Waals surface area contributed by atoms with E-state index in [1.165, 1.54) is 11.3 Å². The Balaban J connectivity index is 1.46. The fraction of sp³-hybridized carbons (Fsp3) is 0.480. The van der Waals surface area contributed by atoms with Crippen LogP contribution in [0.15, 0.2) is 59.6 Å². The van der Waals surface area contributed by atoms with Crippen LogP contribution in [0.4, 0.5) is 5.69 Å². The fourth-order valence-electron chi connectivity index (χ4n) is 3.71. The minimum atomic E-state index is -0.644. The van der Waals surface area contributed by atoms with Crippen molar-refractivity contribution in [1.29, 1.82) is 0 Å². The number of aliphatic imine (C=N–C) groups is 1. The molecule has 3 rings (SSSR count). The van der Waals surface area contributed by atoms with E-state index < -0.39 is 6.10 Å². The van der Waals surface area contributed by atoms with Crippen molar-refractivity contribution >= 4 is 11.6 Å². The molecule has 168 valence electrons. The topological polar surface area (TPSA) is 69.1 Å². The molecule has 3 unspecified atom stereocenters. The monoisotopic (exact) mass is 424 g/mol. The first-order valence-electron chi connectivity index (χ1n) is 11.3. The number of hydrogen-bond acceptors (Lipinski definition) is 4. The highest BCUT2D eigenvalue weighted by molar-refractivity contribution is 5.80. The second-order valence-electron chi connectivity index (χ2n) is 8.17. The first-order chi connectivity index (χ1) is 15.0. The number of nitrogens with zero attached hydrogens (tertiary/aromatic N) is 2. The molecular weight excluding hydrogens is 388 g/mol. The van der Waals surface area contributed by atoms with Gasteiger partial charge in [0.15, 0.2) is 5.96 Å². The Hall–Kier alpha value is -2.57. The van der Waals surface area contributed by atoms with Gasteiger partial charge in [0.05, 0.1) is 25.4 Å². The molecule has 1 heterocycles. The molecule has 1 fully saturated rings. The molecule has 3 N–H and O–H groups in total. The highest BCUT2D eigenvalue weighted by Crippen LogP contribution is 2.20. The summed E-state index contributed by atoms with van der Waals surface area (Å²) in [4.78, 5) is 6.98. The van der Waals surface area contributed by atoms with Gasteiger partial charge in [-0.05, 0) is 44.9 Å². The summed E-state index contributed by atoms with van der Waals surface area (Å²) in [7, 11) is 0. The summed E-state index contributed by atoms with van der Waals surface area (Å²) >= 11 is 0. The number of nitrogens with one attached hydrogen (secondary N) is 2. The summed E-state index contributed by atoms with van der Waals surface area (Å²) in [5.74, 6) is 0.744. The maximum absolute atomic E-state index is 10.3. The van der Waals surface area contributed by atoms with Crippen molar-refractivity contribution in [2.45, 2.75) is 45.4 Å². The van der Waals surface area contributed by atoms with Gasteiger partial charge >= 0.3 is 0 Å². The number of aliphatic hydroxyl groups is 1. The molecule has 2 aromatic rings. The number of aryl methyl sites for hydroxylation is 1. The molecule has 0 spiro atoms. The standard InChI is InChI=1S/C25H36N4O2/c1-4-26-25(27-16-24(30)18-31-20(3)21-8-6-5-7-9-21)28-22-14-15-29(17-22)23-12-10-19(2)11-13-23/h5-13,20,22,24,30H,4,14-18H2,1-3H3,(H2,26,27,28). The minimum Gasteiger partial charge on any atom is -0.389 e. The first kappa shape index (κ1) is 23.1. The van der Waals surface area contributed by atoms with Gasteiger partial charge in [0, 0.05) is 31.4 Å². The van der Waals surface area contributed by atoms with E-state index in [4.69, 9.17) is 4.74 Å². The first-order valence-corrected chi connectivity index (χ1v) is 11.3. The third-order valence-corrected chi connectivity index (χ3v) is 5.54. The van der Waals surface area contributed by atoms with Crippen molar-refractivity contribution in [3.63, 3.8) is 0 Å². The van der Waals surface area contributed by atoms with Gasteiger partial charge in [-0.25, -0.2) is 0 Å². The Morgan fingerprint density at radius 3 is 2.65 bits per heavy atom. The number of benzene rings is 2. The van der Waals surface area contributed by atoms with E-state index in [2.05, 4.69) is 51.7 Å². The zero-order chi connectivity index (χ0) is 22.1. The number of guanidine groups is 1. The van der Waals surface area contributed by atoms with Crippen LogP contribution in [0.3, 0.4) is 0 Å². The molecule has 0 amide bonds. The Labute approximate surface area is 186 Å². The molecule has 0 radical (unpaired) electrons. The number of hydrogen-bond donors (Lipinski definition) is 3. The zero-order valence-electron chi connectivity index (χ0n) is 18.9. The lowest BCUT2D eigenvalue weighted by atomic mass is 10.1. The lowest BCUT2D eigenvalue weighted by molar-refractivity contribution is 0.00111. The van der Waals surface area contributed by atoms with Crippen LogP contribution >= 0.6 is 0 Å².